The van der Waals surface area contributed by atoms with Gasteiger partial charge in [0.25, 0.3) is 0 Å². The van der Waals surface area contributed by atoms with E-state index in [9.17, 15) is 14.5 Å². The molecule has 2 aromatic rings. The van der Waals surface area contributed by atoms with E-state index in [1.807, 2.05) is 0 Å². The molecule has 0 spiro atoms. The number of para-hydroxylation sites is 1. The van der Waals surface area contributed by atoms with Crippen LogP contribution in [0.2, 0.25) is 0 Å². The van der Waals surface area contributed by atoms with E-state index in [4.69, 9.17) is 10.5 Å². The molecular weight excluding hydrogens is 241 g/mol. The van der Waals surface area contributed by atoms with Crippen LogP contribution < -0.4 is 10.5 Å². The van der Waals surface area contributed by atoms with Crippen LogP contribution in [0.15, 0.2) is 36.7 Å². The Kier molecular flexibility index (Phi) is 3.05. The number of ether oxygens (including phenoxy) is 1. The molecule has 0 unspecified atom stereocenters. The van der Waals surface area contributed by atoms with Crippen molar-refractivity contribution >= 4 is 11.4 Å². The summed E-state index contributed by atoms with van der Waals surface area (Å²) in [6.07, 6.45) is 2.66. The van der Waals surface area contributed by atoms with E-state index in [0.29, 0.717) is 5.69 Å². The fraction of sp³-hybridized carbons (Fsp3) is 0. The minimum atomic E-state index is -0.827. The minimum Gasteiger partial charge on any atom is -0.445 e. The second kappa shape index (κ2) is 4.66. The number of pyridine rings is 1. The molecule has 18 heavy (non-hydrogen) atoms. The molecule has 0 radical (unpaired) electrons. The lowest BCUT2D eigenvalue weighted by atomic mass is 10.3. The van der Waals surface area contributed by atoms with Crippen LogP contribution >= 0.6 is 0 Å². The Balaban J connectivity index is 2.42. The molecule has 92 valence electrons. The summed E-state index contributed by atoms with van der Waals surface area (Å²) < 4.78 is 18.6. The van der Waals surface area contributed by atoms with Crippen molar-refractivity contribution in [1.29, 1.82) is 0 Å². The lowest BCUT2D eigenvalue weighted by Crippen LogP contribution is -1.97. The highest BCUT2D eigenvalue weighted by atomic mass is 19.1. The summed E-state index contributed by atoms with van der Waals surface area (Å²) in [6.45, 7) is 0. The van der Waals surface area contributed by atoms with E-state index in [0.717, 1.165) is 12.1 Å². The number of hydrogen-bond donors (Lipinski definition) is 1. The minimum absolute atomic E-state index is 0.128. The maximum atomic E-state index is 13.5. The van der Waals surface area contributed by atoms with Gasteiger partial charge in [-0.3, -0.25) is 15.1 Å². The largest absolute Gasteiger partial charge is 0.445 e. The topological polar surface area (TPSA) is 91.3 Å². The van der Waals surface area contributed by atoms with Gasteiger partial charge in [-0.1, -0.05) is 6.07 Å². The van der Waals surface area contributed by atoms with Crippen LogP contribution in [-0.2, 0) is 0 Å². The van der Waals surface area contributed by atoms with Gasteiger partial charge in [0.2, 0.25) is 5.75 Å². The monoisotopic (exact) mass is 249 g/mol. The first-order valence-electron chi connectivity index (χ1n) is 4.89. The molecule has 0 amide bonds. The predicted octanol–water partition coefficient (Wildman–Crippen LogP) is 2.50. The number of anilines is 1. The summed E-state index contributed by atoms with van der Waals surface area (Å²) in [6, 6.07) is 4.85. The Morgan fingerprint density at radius 3 is 2.83 bits per heavy atom. The zero-order valence-electron chi connectivity index (χ0n) is 9.04. The standard InChI is InChI=1S/C11H8FN3O3/c12-9-2-1-3-10(15(16)17)11(9)18-8-4-7(13)5-14-6-8/h1-6H,13H2. The average molecular weight is 249 g/mol. The van der Waals surface area contributed by atoms with Gasteiger partial charge in [-0.15, -0.1) is 0 Å². The summed E-state index contributed by atoms with van der Waals surface area (Å²) >= 11 is 0. The van der Waals surface area contributed by atoms with Crippen LogP contribution in [0.25, 0.3) is 0 Å². The number of nitrogen functional groups attached to an aromatic ring is 1. The number of aromatic nitrogens is 1. The lowest BCUT2D eigenvalue weighted by Gasteiger charge is -2.07. The third kappa shape index (κ3) is 2.34. The molecule has 7 heteroatoms. The van der Waals surface area contributed by atoms with Gasteiger partial charge in [0.15, 0.2) is 5.82 Å². The van der Waals surface area contributed by atoms with Gasteiger partial charge in [-0.25, -0.2) is 4.39 Å². The van der Waals surface area contributed by atoms with Gasteiger partial charge in [-0.2, -0.15) is 0 Å². The third-order valence-corrected chi connectivity index (χ3v) is 2.10. The van der Waals surface area contributed by atoms with E-state index >= 15 is 0 Å². The normalized spacial score (nSPS) is 10.1. The summed E-state index contributed by atoms with van der Waals surface area (Å²) in [5, 5.41) is 10.7. The molecule has 0 aliphatic rings. The molecule has 0 saturated carbocycles. The van der Waals surface area contributed by atoms with Gasteiger partial charge in [-0.05, 0) is 6.07 Å². The van der Waals surface area contributed by atoms with Crippen LogP contribution in [-0.4, -0.2) is 9.91 Å². The van der Waals surface area contributed by atoms with E-state index in [2.05, 4.69) is 4.98 Å². The Bertz CT molecular complexity index is 604. The van der Waals surface area contributed by atoms with Crippen LogP contribution in [0.1, 0.15) is 0 Å². The Labute approximate surface area is 101 Å². The number of benzene rings is 1. The number of nitro groups is 1. The van der Waals surface area contributed by atoms with Gasteiger partial charge in [0, 0.05) is 12.1 Å². The van der Waals surface area contributed by atoms with E-state index in [1.165, 1.54) is 24.5 Å². The fourth-order valence-corrected chi connectivity index (χ4v) is 1.35. The summed E-state index contributed by atoms with van der Waals surface area (Å²) in [7, 11) is 0. The van der Waals surface area contributed by atoms with Gasteiger partial charge < -0.3 is 10.5 Å². The zero-order valence-corrected chi connectivity index (χ0v) is 9.04. The average Bonchev–Trinajstić information content (AvgIpc) is 2.31. The molecule has 1 aromatic heterocycles. The smallest absolute Gasteiger partial charge is 0.314 e. The second-order valence-electron chi connectivity index (χ2n) is 3.40. The SMILES string of the molecule is Nc1cncc(Oc2c(F)cccc2[N+](=O)[O-])c1. The molecule has 2 N–H and O–H groups in total. The Morgan fingerprint density at radius 1 is 1.39 bits per heavy atom. The van der Waals surface area contributed by atoms with E-state index in [1.54, 1.807) is 0 Å². The Hall–Kier alpha value is -2.70. The van der Waals surface area contributed by atoms with Crippen molar-refractivity contribution in [3.63, 3.8) is 0 Å². The summed E-state index contributed by atoms with van der Waals surface area (Å²) in [4.78, 5) is 13.8. The highest BCUT2D eigenvalue weighted by Gasteiger charge is 2.20. The molecule has 1 aromatic carbocycles. The number of halogens is 1. The van der Waals surface area contributed by atoms with Crippen LogP contribution in [0.3, 0.4) is 0 Å². The van der Waals surface area contributed by atoms with Crippen molar-refractivity contribution in [2.75, 3.05) is 5.73 Å². The summed E-state index contributed by atoms with van der Waals surface area (Å²) in [5.41, 5.74) is 5.33. The number of nitrogens with zero attached hydrogens (tertiary/aromatic N) is 2. The predicted molar refractivity (Wildman–Crippen MR) is 61.8 cm³/mol. The maximum absolute atomic E-state index is 13.5. The molecule has 0 fully saturated rings. The van der Waals surface area contributed by atoms with Crippen molar-refractivity contribution in [2.24, 2.45) is 0 Å². The first-order chi connectivity index (χ1) is 8.58. The second-order valence-corrected chi connectivity index (χ2v) is 3.40. The van der Waals surface area contributed by atoms with Gasteiger partial charge in [0.05, 0.1) is 23.0 Å². The van der Waals surface area contributed by atoms with Crippen molar-refractivity contribution in [3.05, 3.63) is 52.6 Å². The molecule has 0 aliphatic carbocycles. The maximum Gasteiger partial charge on any atom is 0.314 e. The first-order valence-corrected chi connectivity index (χ1v) is 4.89. The van der Waals surface area contributed by atoms with Gasteiger partial charge in [0.1, 0.15) is 5.75 Å². The molecule has 0 bridgehead atoms. The molecule has 0 saturated heterocycles. The molecule has 6 nitrogen and oxygen atoms in total. The molecule has 0 aliphatic heterocycles. The van der Waals surface area contributed by atoms with Gasteiger partial charge >= 0.3 is 5.69 Å². The molecule has 2 rings (SSSR count). The highest BCUT2D eigenvalue weighted by molar-refractivity contribution is 5.50. The highest BCUT2D eigenvalue weighted by Crippen LogP contribution is 2.33. The van der Waals surface area contributed by atoms with Crippen molar-refractivity contribution in [2.45, 2.75) is 0 Å². The van der Waals surface area contributed by atoms with Crippen molar-refractivity contribution < 1.29 is 14.1 Å². The first kappa shape index (κ1) is 11.8. The number of nitrogens with two attached hydrogens (primary N) is 1. The quantitative estimate of drug-likeness (QED) is 0.666. The Morgan fingerprint density at radius 2 is 2.17 bits per heavy atom. The number of hydrogen-bond acceptors (Lipinski definition) is 5. The molecule has 1 heterocycles. The van der Waals surface area contributed by atoms with Crippen molar-refractivity contribution in [1.82, 2.24) is 4.98 Å². The zero-order chi connectivity index (χ0) is 13.1. The fourth-order valence-electron chi connectivity index (χ4n) is 1.35. The van der Waals surface area contributed by atoms with Crippen LogP contribution in [0, 0.1) is 15.9 Å². The molecule has 0 atom stereocenters. The van der Waals surface area contributed by atoms with Crippen LogP contribution in [0.5, 0.6) is 11.5 Å². The van der Waals surface area contributed by atoms with E-state index < -0.39 is 22.2 Å². The number of rotatable bonds is 3. The van der Waals surface area contributed by atoms with E-state index in [-0.39, 0.29) is 5.75 Å². The third-order valence-electron chi connectivity index (χ3n) is 2.10. The molecular formula is C11H8FN3O3. The van der Waals surface area contributed by atoms with Crippen molar-refractivity contribution in [3.8, 4) is 11.5 Å². The lowest BCUT2D eigenvalue weighted by molar-refractivity contribution is -0.385. The van der Waals surface area contributed by atoms with Crippen LogP contribution in [0.4, 0.5) is 15.8 Å². The number of nitro benzene ring substituents is 1. The summed E-state index contributed by atoms with van der Waals surface area (Å²) in [5.74, 6) is -1.16.